The van der Waals surface area contributed by atoms with Gasteiger partial charge in [0, 0.05) is 12.4 Å². The Kier molecular flexibility index (Phi) is 3.05. The average Bonchev–Trinajstić information content (AvgIpc) is 2.87. The van der Waals surface area contributed by atoms with Crippen LogP contribution in [0.25, 0.3) is 0 Å². The molecule has 0 bridgehead atoms. The lowest BCUT2D eigenvalue weighted by Gasteiger charge is -2.03. The fraction of sp³-hybridized carbons (Fsp3) is 0.455. The molecule has 0 spiro atoms. The maximum Gasteiger partial charge on any atom is 0.246 e. The van der Waals surface area contributed by atoms with Crippen molar-refractivity contribution >= 4 is 0 Å². The fourth-order valence-electron chi connectivity index (χ4n) is 1.55. The van der Waals surface area contributed by atoms with E-state index in [1.807, 2.05) is 30.0 Å². The first-order valence-corrected chi connectivity index (χ1v) is 5.32. The Morgan fingerprint density at radius 3 is 3.00 bits per heavy atom. The molecule has 2 aromatic heterocycles. The van der Waals surface area contributed by atoms with E-state index in [2.05, 4.69) is 10.1 Å². The summed E-state index contributed by atoms with van der Waals surface area (Å²) in [6.45, 7) is 4.27. The zero-order valence-corrected chi connectivity index (χ0v) is 9.42. The Morgan fingerprint density at radius 2 is 2.38 bits per heavy atom. The van der Waals surface area contributed by atoms with E-state index < -0.39 is 6.10 Å². The van der Waals surface area contributed by atoms with E-state index in [-0.39, 0.29) is 0 Å². The van der Waals surface area contributed by atoms with Gasteiger partial charge in [-0.15, -0.1) is 0 Å². The summed E-state index contributed by atoms with van der Waals surface area (Å²) >= 11 is 0. The van der Waals surface area contributed by atoms with Gasteiger partial charge in [-0.05, 0) is 25.0 Å². The lowest BCUT2D eigenvalue weighted by molar-refractivity contribution is 0.173. The van der Waals surface area contributed by atoms with Crippen LogP contribution in [0.5, 0.6) is 0 Å². The molecule has 5 heteroatoms. The minimum atomic E-state index is -0.398. The van der Waals surface area contributed by atoms with Crippen LogP contribution in [0.4, 0.5) is 0 Å². The van der Waals surface area contributed by atoms with Gasteiger partial charge in [-0.1, -0.05) is 12.1 Å². The molecule has 0 saturated carbocycles. The number of nitrogens with zero attached hydrogens (tertiary/aromatic N) is 3. The van der Waals surface area contributed by atoms with Crippen LogP contribution in [-0.2, 0) is 6.54 Å². The SMILES string of the molecule is CCC(O)c1ccn(Cc2nc(C)no2)c1. The molecule has 0 aliphatic heterocycles. The number of aryl methyl sites for hydroxylation is 1. The molecule has 2 rings (SSSR count). The number of hydrogen-bond acceptors (Lipinski definition) is 4. The lowest BCUT2D eigenvalue weighted by Crippen LogP contribution is -1.98. The van der Waals surface area contributed by atoms with Gasteiger partial charge in [-0.25, -0.2) is 0 Å². The van der Waals surface area contributed by atoms with Crippen molar-refractivity contribution in [2.75, 3.05) is 0 Å². The maximum atomic E-state index is 9.65. The molecule has 1 atom stereocenters. The third-order valence-corrected chi connectivity index (χ3v) is 2.43. The van der Waals surface area contributed by atoms with Gasteiger partial charge in [0.2, 0.25) is 5.89 Å². The van der Waals surface area contributed by atoms with Gasteiger partial charge in [0.25, 0.3) is 0 Å². The van der Waals surface area contributed by atoms with Crippen molar-refractivity contribution in [2.45, 2.75) is 32.9 Å². The van der Waals surface area contributed by atoms with Crippen LogP contribution in [0.2, 0.25) is 0 Å². The van der Waals surface area contributed by atoms with Gasteiger partial charge >= 0.3 is 0 Å². The second kappa shape index (κ2) is 4.49. The number of hydrogen-bond donors (Lipinski definition) is 1. The molecule has 0 saturated heterocycles. The first-order chi connectivity index (χ1) is 7.69. The second-order valence-electron chi connectivity index (χ2n) is 3.78. The van der Waals surface area contributed by atoms with Crippen LogP contribution in [0.1, 0.15) is 36.7 Å². The molecule has 0 aromatic carbocycles. The van der Waals surface area contributed by atoms with Crippen LogP contribution >= 0.6 is 0 Å². The normalized spacial score (nSPS) is 12.9. The molecule has 16 heavy (non-hydrogen) atoms. The summed E-state index contributed by atoms with van der Waals surface area (Å²) in [5.74, 6) is 1.21. The summed E-state index contributed by atoms with van der Waals surface area (Å²) in [5.41, 5.74) is 0.915. The standard InChI is InChI=1S/C11H15N3O2/c1-3-10(15)9-4-5-14(6-9)7-11-12-8(2)13-16-11/h4-6,10,15H,3,7H2,1-2H3. The summed E-state index contributed by atoms with van der Waals surface area (Å²) in [6, 6.07) is 1.90. The largest absolute Gasteiger partial charge is 0.388 e. The maximum absolute atomic E-state index is 9.65. The van der Waals surface area contributed by atoms with Crippen LogP contribution < -0.4 is 0 Å². The Balaban J connectivity index is 2.08. The molecule has 0 amide bonds. The first-order valence-electron chi connectivity index (χ1n) is 5.32. The van der Waals surface area contributed by atoms with Crippen molar-refractivity contribution in [1.29, 1.82) is 0 Å². The minimum absolute atomic E-state index is 0.398. The summed E-state index contributed by atoms with van der Waals surface area (Å²) in [4.78, 5) is 4.12. The molecule has 1 unspecified atom stereocenters. The van der Waals surface area contributed by atoms with Crippen molar-refractivity contribution in [2.24, 2.45) is 0 Å². The Hall–Kier alpha value is -1.62. The van der Waals surface area contributed by atoms with Crippen LogP contribution in [-0.4, -0.2) is 19.8 Å². The fourth-order valence-corrected chi connectivity index (χ4v) is 1.55. The van der Waals surface area contributed by atoms with E-state index in [4.69, 9.17) is 4.52 Å². The van der Waals surface area contributed by atoms with Crippen LogP contribution in [0.3, 0.4) is 0 Å². The highest BCUT2D eigenvalue weighted by Crippen LogP contribution is 2.16. The molecule has 2 aromatic rings. The smallest absolute Gasteiger partial charge is 0.246 e. The molecule has 2 heterocycles. The van der Waals surface area contributed by atoms with E-state index in [0.717, 1.165) is 5.56 Å². The Morgan fingerprint density at radius 1 is 1.56 bits per heavy atom. The van der Waals surface area contributed by atoms with Crippen LogP contribution in [0.15, 0.2) is 23.0 Å². The van der Waals surface area contributed by atoms with E-state index >= 15 is 0 Å². The van der Waals surface area contributed by atoms with Gasteiger partial charge < -0.3 is 14.2 Å². The Bertz CT molecular complexity index is 461. The summed E-state index contributed by atoms with van der Waals surface area (Å²) in [5, 5.41) is 13.4. The molecule has 5 nitrogen and oxygen atoms in total. The average molecular weight is 221 g/mol. The van der Waals surface area contributed by atoms with Gasteiger partial charge in [-0.2, -0.15) is 4.98 Å². The molecule has 0 aliphatic carbocycles. The van der Waals surface area contributed by atoms with Gasteiger partial charge in [-0.3, -0.25) is 0 Å². The molecule has 1 N–H and O–H groups in total. The molecule has 0 aliphatic rings. The third-order valence-electron chi connectivity index (χ3n) is 2.43. The Labute approximate surface area is 93.7 Å². The van der Waals surface area contributed by atoms with Crippen molar-refractivity contribution in [3.63, 3.8) is 0 Å². The number of rotatable bonds is 4. The molecular weight excluding hydrogens is 206 g/mol. The number of aliphatic hydroxyl groups is 1. The van der Waals surface area contributed by atoms with Gasteiger partial charge in [0.1, 0.15) is 6.54 Å². The van der Waals surface area contributed by atoms with Crippen molar-refractivity contribution in [3.05, 3.63) is 35.7 Å². The van der Waals surface area contributed by atoms with Crippen molar-refractivity contribution in [1.82, 2.24) is 14.7 Å². The van der Waals surface area contributed by atoms with E-state index in [0.29, 0.717) is 24.7 Å². The first kappa shape index (κ1) is 10.9. The van der Waals surface area contributed by atoms with Crippen LogP contribution in [0, 0.1) is 6.92 Å². The third kappa shape index (κ3) is 2.30. The van der Waals surface area contributed by atoms with Gasteiger partial charge in [0.05, 0.1) is 6.10 Å². The van der Waals surface area contributed by atoms with E-state index in [1.54, 1.807) is 6.92 Å². The van der Waals surface area contributed by atoms with Crippen molar-refractivity contribution < 1.29 is 9.63 Å². The topological polar surface area (TPSA) is 64.1 Å². The number of aromatic nitrogens is 3. The zero-order chi connectivity index (χ0) is 11.5. The quantitative estimate of drug-likeness (QED) is 0.853. The second-order valence-corrected chi connectivity index (χ2v) is 3.78. The molecular formula is C11H15N3O2. The predicted octanol–water partition coefficient (Wildman–Crippen LogP) is 1.67. The minimum Gasteiger partial charge on any atom is -0.388 e. The monoisotopic (exact) mass is 221 g/mol. The summed E-state index contributed by atoms with van der Waals surface area (Å²) in [6.07, 6.45) is 4.11. The highest BCUT2D eigenvalue weighted by Gasteiger charge is 2.08. The van der Waals surface area contributed by atoms with Gasteiger partial charge in [0.15, 0.2) is 5.82 Å². The van der Waals surface area contributed by atoms with E-state index in [9.17, 15) is 5.11 Å². The zero-order valence-electron chi connectivity index (χ0n) is 9.42. The van der Waals surface area contributed by atoms with Crippen molar-refractivity contribution in [3.8, 4) is 0 Å². The van der Waals surface area contributed by atoms with E-state index in [1.165, 1.54) is 0 Å². The number of aliphatic hydroxyl groups excluding tert-OH is 1. The molecule has 0 fully saturated rings. The lowest BCUT2D eigenvalue weighted by atomic mass is 10.1. The molecule has 0 radical (unpaired) electrons. The molecule has 86 valence electrons. The summed E-state index contributed by atoms with van der Waals surface area (Å²) < 4.78 is 6.94. The predicted molar refractivity (Wildman–Crippen MR) is 57.8 cm³/mol. The highest BCUT2D eigenvalue weighted by atomic mass is 16.5. The summed E-state index contributed by atoms with van der Waals surface area (Å²) in [7, 11) is 0. The highest BCUT2D eigenvalue weighted by molar-refractivity contribution is 5.13.